The molecule has 0 bridgehead atoms. The average molecular weight is 352 g/mol. The number of anilines is 2. The lowest BCUT2D eigenvalue weighted by atomic mass is 10.1. The quantitative estimate of drug-likeness (QED) is 0.835. The standard InChI is InChI=1S/C15H12BrClN2O/c1-8-10(17)5-3-6-11(8)18-14-13-9(16)4-2-7-12(13)19-15(14)20/h2-7,14,18H,1H3,(H,19,20). The van der Waals surface area contributed by atoms with Crippen LogP contribution < -0.4 is 10.6 Å². The Balaban J connectivity index is 2.00. The van der Waals surface area contributed by atoms with Crippen molar-refractivity contribution in [2.45, 2.75) is 13.0 Å². The van der Waals surface area contributed by atoms with Crippen LogP contribution in [0.5, 0.6) is 0 Å². The van der Waals surface area contributed by atoms with Crippen LogP contribution in [0.15, 0.2) is 40.9 Å². The van der Waals surface area contributed by atoms with Gasteiger partial charge in [0.2, 0.25) is 0 Å². The molecule has 2 aromatic carbocycles. The molecule has 1 atom stereocenters. The molecule has 1 aliphatic rings. The second-order valence-corrected chi connectivity index (χ2v) is 5.94. The number of rotatable bonds is 2. The maximum atomic E-state index is 12.2. The highest BCUT2D eigenvalue weighted by Gasteiger charge is 2.32. The average Bonchev–Trinajstić information content (AvgIpc) is 2.73. The summed E-state index contributed by atoms with van der Waals surface area (Å²) in [5, 5.41) is 6.83. The first-order valence-electron chi connectivity index (χ1n) is 6.19. The largest absolute Gasteiger partial charge is 0.370 e. The first kappa shape index (κ1) is 13.5. The molecule has 0 fully saturated rings. The minimum atomic E-state index is -0.419. The summed E-state index contributed by atoms with van der Waals surface area (Å²) in [5.41, 5.74) is 3.56. The zero-order valence-corrected chi connectivity index (χ0v) is 13.0. The van der Waals surface area contributed by atoms with Gasteiger partial charge in [0.15, 0.2) is 0 Å². The number of benzene rings is 2. The highest BCUT2D eigenvalue weighted by molar-refractivity contribution is 9.10. The predicted molar refractivity (Wildman–Crippen MR) is 85.3 cm³/mol. The van der Waals surface area contributed by atoms with Crippen LogP contribution in [0.3, 0.4) is 0 Å². The van der Waals surface area contributed by atoms with Gasteiger partial charge in [-0.05, 0) is 36.8 Å². The van der Waals surface area contributed by atoms with E-state index in [9.17, 15) is 4.79 Å². The fourth-order valence-corrected chi connectivity index (χ4v) is 3.10. The minimum absolute atomic E-state index is 0.0636. The number of nitrogens with one attached hydrogen (secondary N) is 2. The summed E-state index contributed by atoms with van der Waals surface area (Å²) >= 11 is 9.62. The van der Waals surface area contributed by atoms with Crippen molar-refractivity contribution in [1.29, 1.82) is 0 Å². The van der Waals surface area contributed by atoms with E-state index in [2.05, 4.69) is 26.6 Å². The highest BCUT2D eigenvalue weighted by Crippen LogP contribution is 2.39. The molecule has 3 rings (SSSR count). The molecule has 0 radical (unpaired) electrons. The maximum Gasteiger partial charge on any atom is 0.251 e. The Labute approximate surface area is 130 Å². The van der Waals surface area contributed by atoms with Gasteiger partial charge in [0.05, 0.1) is 0 Å². The molecule has 1 amide bonds. The van der Waals surface area contributed by atoms with Gasteiger partial charge >= 0.3 is 0 Å². The summed E-state index contributed by atoms with van der Waals surface area (Å²) in [6.07, 6.45) is 0. The van der Waals surface area contributed by atoms with Crippen LogP contribution in [0.25, 0.3) is 0 Å². The van der Waals surface area contributed by atoms with Crippen LogP contribution in [-0.2, 0) is 4.79 Å². The van der Waals surface area contributed by atoms with E-state index in [1.807, 2.05) is 43.3 Å². The molecule has 102 valence electrons. The van der Waals surface area contributed by atoms with Crippen LogP contribution in [0.4, 0.5) is 11.4 Å². The number of halogens is 2. The molecule has 2 aromatic rings. The molecule has 2 N–H and O–H groups in total. The van der Waals surface area contributed by atoms with E-state index in [0.717, 1.165) is 27.0 Å². The Morgan fingerprint density at radius 3 is 2.80 bits per heavy atom. The third kappa shape index (κ3) is 2.19. The van der Waals surface area contributed by atoms with E-state index in [1.54, 1.807) is 0 Å². The van der Waals surface area contributed by atoms with E-state index in [0.29, 0.717) is 5.02 Å². The lowest BCUT2D eigenvalue weighted by molar-refractivity contribution is -0.116. The molecule has 0 aliphatic carbocycles. The Hall–Kier alpha value is -1.52. The summed E-state index contributed by atoms with van der Waals surface area (Å²) in [6.45, 7) is 1.93. The van der Waals surface area contributed by atoms with E-state index in [4.69, 9.17) is 11.6 Å². The molecule has 1 unspecified atom stereocenters. The molecular weight excluding hydrogens is 340 g/mol. The van der Waals surface area contributed by atoms with Crippen molar-refractivity contribution in [2.75, 3.05) is 10.6 Å². The zero-order valence-electron chi connectivity index (χ0n) is 10.7. The van der Waals surface area contributed by atoms with Gasteiger partial charge in [-0.15, -0.1) is 0 Å². The second kappa shape index (κ2) is 5.11. The normalized spacial score (nSPS) is 16.8. The molecular formula is C15H12BrClN2O. The summed E-state index contributed by atoms with van der Waals surface area (Å²) in [6, 6.07) is 10.9. The van der Waals surface area contributed by atoms with Crippen molar-refractivity contribution >= 4 is 44.8 Å². The van der Waals surface area contributed by atoms with Crippen molar-refractivity contribution in [1.82, 2.24) is 0 Å². The number of hydrogen-bond acceptors (Lipinski definition) is 2. The monoisotopic (exact) mass is 350 g/mol. The molecule has 0 saturated heterocycles. The Morgan fingerprint density at radius 1 is 1.25 bits per heavy atom. The summed E-state index contributed by atoms with van der Waals surface area (Å²) in [5.74, 6) is -0.0636. The van der Waals surface area contributed by atoms with Gasteiger partial charge in [-0.1, -0.05) is 39.7 Å². The number of amides is 1. The fourth-order valence-electron chi connectivity index (χ4n) is 2.33. The minimum Gasteiger partial charge on any atom is -0.370 e. The van der Waals surface area contributed by atoms with Crippen molar-refractivity contribution < 1.29 is 4.79 Å². The molecule has 3 nitrogen and oxygen atoms in total. The topological polar surface area (TPSA) is 41.1 Å². The van der Waals surface area contributed by atoms with E-state index in [-0.39, 0.29) is 5.91 Å². The molecule has 0 saturated carbocycles. The van der Waals surface area contributed by atoms with Gasteiger partial charge in [-0.3, -0.25) is 4.79 Å². The summed E-state index contributed by atoms with van der Waals surface area (Å²) in [4.78, 5) is 12.2. The van der Waals surface area contributed by atoms with Crippen molar-refractivity contribution in [3.8, 4) is 0 Å². The maximum absolute atomic E-state index is 12.2. The molecule has 0 spiro atoms. The highest BCUT2D eigenvalue weighted by atomic mass is 79.9. The van der Waals surface area contributed by atoms with Crippen LogP contribution in [-0.4, -0.2) is 5.91 Å². The lowest BCUT2D eigenvalue weighted by Crippen LogP contribution is -2.20. The van der Waals surface area contributed by atoms with Gasteiger partial charge in [0.1, 0.15) is 6.04 Å². The van der Waals surface area contributed by atoms with Gasteiger partial charge < -0.3 is 10.6 Å². The molecule has 1 aliphatic heterocycles. The number of fused-ring (bicyclic) bond motifs is 1. The third-order valence-corrected chi connectivity index (χ3v) is 4.53. The Morgan fingerprint density at radius 2 is 2.00 bits per heavy atom. The van der Waals surface area contributed by atoms with Crippen LogP contribution in [0.2, 0.25) is 5.02 Å². The molecule has 0 aromatic heterocycles. The predicted octanol–water partition coefficient (Wildman–Crippen LogP) is 4.52. The summed E-state index contributed by atoms with van der Waals surface area (Å²) < 4.78 is 0.908. The smallest absolute Gasteiger partial charge is 0.251 e. The first-order valence-corrected chi connectivity index (χ1v) is 7.36. The van der Waals surface area contributed by atoms with Crippen LogP contribution >= 0.6 is 27.5 Å². The van der Waals surface area contributed by atoms with Gasteiger partial charge in [0, 0.05) is 26.4 Å². The van der Waals surface area contributed by atoms with Gasteiger partial charge in [-0.25, -0.2) is 0 Å². The first-order chi connectivity index (χ1) is 9.58. The van der Waals surface area contributed by atoms with Crippen molar-refractivity contribution in [2.24, 2.45) is 0 Å². The number of carbonyl (C=O) groups excluding carboxylic acids is 1. The van der Waals surface area contributed by atoms with Gasteiger partial charge in [0.25, 0.3) is 5.91 Å². The van der Waals surface area contributed by atoms with E-state index in [1.165, 1.54) is 0 Å². The molecule has 5 heteroatoms. The van der Waals surface area contributed by atoms with E-state index < -0.39 is 6.04 Å². The zero-order chi connectivity index (χ0) is 14.3. The van der Waals surface area contributed by atoms with Crippen LogP contribution in [0.1, 0.15) is 17.2 Å². The Kier molecular flexibility index (Phi) is 3.44. The van der Waals surface area contributed by atoms with Crippen molar-refractivity contribution in [3.63, 3.8) is 0 Å². The number of hydrogen-bond donors (Lipinski definition) is 2. The third-order valence-electron chi connectivity index (χ3n) is 3.43. The molecule has 20 heavy (non-hydrogen) atoms. The SMILES string of the molecule is Cc1c(Cl)cccc1NC1C(=O)Nc2cccc(Br)c21. The fraction of sp³-hybridized carbons (Fsp3) is 0.133. The molecule has 1 heterocycles. The second-order valence-electron chi connectivity index (χ2n) is 4.68. The van der Waals surface area contributed by atoms with Crippen molar-refractivity contribution in [3.05, 3.63) is 57.0 Å². The van der Waals surface area contributed by atoms with Gasteiger partial charge in [-0.2, -0.15) is 0 Å². The Bertz CT molecular complexity index is 702. The van der Waals surface area contributed by atoms with Crippen LogP contribution in [0, 0.1) is 6.92 Å². The summed E-state index contributed by atoms with van der Waals surface area (Å²) in [7, 11) is 0. The number of carbonyl (C=O) groups is 1. The van der Waals surface area contributed by atoms with E-state index >= 15 is 0 Å². The lowest BCUT2D eigenvalue weighted by Gasteiger charge is -2.16.